The highest BCUT2D eigenvalue weighted by Crippen LogP contribution is 2.24. The summed E-state index contributed by atoms with van der Waals surface area (Å²) < 4.78 is 0. The van der Waals surface area contributed by atoms with Crippen molar-refractivity contribution in [1.82, 2.24) is 10.3 Å². The van der Waals surface area contributed by atoms with Crippen molar-refractivity contribution < 1.29 is 0 Å². The van der Waals surface area contributed by atoms with E-state index in [0.717, 1.165) is 12.5 Å². The second-order valence-electron chi connectivity index (χ2n) is 4.53. The Morgan fingerprint density at radius 1 is 1.33 bits per heavy atom. The normalized spacial score (nSPS) is 17.5. The van der Waals surface area contributed by atoms with Crippen molar-refractivity contribution in [2.75, 3.05) is 6.54 Å². The highest BCUT2D eigenvalue weighted by molar-refractivity contribution is 7.11. The molecule has 0 atom stereocenters. The maximum Gasteiger partial charge on any atom is 0.107 e. The average molecular weight is 224 g/mol. The van der Waals surface area contributed by atoms with Gasteiger partial charge in [-0.15, -0.1) is 11.3 Å². The summed E-state index contributed by atoms with van der Waals surface area (Å²) in [4.78, 5) is 5.88. The number of hydrogen-bond donors (Lipinski definition) is 1. The first-order valence-corrected chi connectivity index (χ1v) is 6.71. The number of thiazole rings is 1. The van der Waals surface area contributed by atoms with Crippen LogP contribution in [0.25, 0.3) is 0 Å². The van der Waals surface area contributed by atoms with Gasteiger partial charge in [0, 0.05) is 11.4 Å². The van der Waals surface area contributed by atoms with Gasteiger partial charge >= 0.3 is 0 Å². The van der Waals surface area contributed by atoms with E-state index in [1.54, 1.807) is 0 Å². The van der Waals surface area contributed by atoms with Crippen molar-refractivity contribution in [2.45, 2.75) is 46.1 Å². The smallest absolute Gasteiger partial charge is 0.107 e. The van der Waals surface area contributed by atoms with Gasteiger partial charge in [-0.2, -0.15) is 0 Å². The molecule has 1 saturated carbocycles. The molecule has 0 aromatic carbocycles. The van der Waals surface area contributed by atoms with Gasteiger partial charge in [-0.25, -0.2) is 4.98 Å². The Morgan fingerprint density at radius 2 is 2.07 bits per heavy atom. The quantitative estimate of drug-likeness (QED) is 0.850. The van der Waals surface area contributed by atoms with Crippen LogP contribution in [0.15, 0.2) is 0 Å². The van der Waals surface area contributed by atoms with Gasteiger partial charge in [0.2, 0.25) is 0 Å². The average Bonchev–Trinajstić information content (AvgIpc) is 2.79. The monoisotopic (exact) mass is 224 g/mol. The number of nitrogens with zero attached hydrogens (tertiary/aromatic N) is 1. The molecule has 15 heavy (non-hydrogen) atoms. The van der Waals surface area contributed by atoms with Crippen LogP contribution >= 0.6 is 11.3 Å². The zero-order chi connectivity index (χ0) is 10.7. The van der Waals surface area contributed by atoms with Crippen LogP contribution < -0.4 is 5.32 Å². The van der Waals surface area contributed by atoms with Crippen molar-refractivity contribution in [3.8, 4) is 0 Å². The molecule has 1 aliphatic rings. The Labute approximate surface area is 96.1 Å². The maximum atomic E-state index is 4.53. The van der Waals surface area contributed by atoms with Crippen LogP contribution in [0, 0.1) is 19.8 Å². The second-order valence-corrected chi connectivity index (χ2v) is 5.82. The first-order chi connectivity index (χ1) is 7.25. The summed E-state index contributed by atoms with van der Waals surface area (Å²) in [6.07, 6.45) is 5.70. The fourth-order valence-electron chi connectivity index (χ4n) is 2.21. The van der Waals surface area contributed by atoms with Gasteiger partial charge < -0.3 is 5.32 Å². The third-order valence-corrected chi connectivity index (χ3v) is 4.33. The third-order valence-electron chi connectivity index (χ3n) is 3.26. The molecule has 0 bridgehead atoms. The molecule has 0 saturated heterocycles. The first kappa shape index (κ1) is 11.1. The van der Waals surface area contributed by atoms with Crippen LogP contribution in [0.1, 0.15) is 41.3 Å². The molecule has 2 rings (SSSR count). The Balaban J connectivity index is 1.73. The molecule has 0 radical (unpaired) electrons. The van der Waals surface area contributed by atoms with Crippen molar-refractivity contribution in [1.29, 1.82) is 0 Å². The standard InChI is InChI=1S/C12H20N2S/c1-9-10(2)15-12(14-9)8-13-7-11-5-3-4-6-11/h11,13H,3-8H2,1-2H3. The van der Waals surface area contributed by atoms with Gasteiger partial charge in [-0.05, 0) is 39.2 Å². The van der Waals surface area contributed by atoms with E-state index >= 15 is 0 Å². The van der Waals surface area contributed by atoms with E-state index in [0.29, 0.717) is 0 Å². The lowest BCUT2D eigenvalue weighted by Gasteiger charge is -2.08. The zero-order valence-corrected chi connectivity index (χ0v) is 10.5. The van der Waals surface area contributed by atoms with Crippen molar-refractivity contribution in [2.24, 2.45) is 5.92 Å². The molecule has 3 heteroatoms. The molecule has 1 aliphatic carbocycles. The van der Waals surface area contributed by atoms with Crippen molar-refractivity contribution in [3.05, 3.63) is 15.6 Å². The van der Waals surface area contributed by atoms with Crippen molar-refractivity contribution >= 4 is 11.3 Å². The summed E-state index contributed by atoms with van der Waals surface area (Å²) in [5.74, 6) is 0.923. The van der Waals surface area contributed by atoms with Crippen molar-refractivity contribution in [3.63, 3.8) is 0 Å². The van der Waals surface area contributed by atoms with Gasteiger partial charge in [0.25, 0.3) is 0 Å². The van der Waals surface area contributed by atoms with E-state index in [1.165, 1.54) is 47.8 Å². The minimum absolute atomic E-state index is 0.923. The van der Waals surface area contributed by atoms with Crippen LogP contribution in [0.3, 0.4) is 0 Å². The minimum Gasteiger partial charge on any atom is -0.310 e. The lowest BCUT2D eigenvalue weighted by atomic mass is 10.1. The summed E-state index contributed by atoms with van der Waals surface area (Å²) >= 11 is 1.82. The van der Waals surface area contributed by atoms with Crippen LogP contribution in [-0.4, -0.2) is 11.5 Å². The molecular formula is C12H20N2S. The Kier molecular flexibility index (Phi) is 3.76. The third kappa shape index (κ3) is 3.02. The van der Waals surface area contributed by atoms with Gasteiger partial charge in [0.15, 0.2) is 0 Å². The largest absolute Gasteiger partial charge is 0.310 e. The molecule has 1 N–H and O–H groups in total. The van der Waals surface area contributed by atoms with E-state index in [9.17, 15) is 0 Å². The van der Waals surface area contributed by atoms with Crippen LogP contribution in [0.4, 0.5) is 0 Å². The molecule has 0 amide bonds. The summed E-state index contributed by atoms with van der Waals surface area (Å²) in [5, 5.41) is 4.77. The minimum atomic E-state index is 0.923. The van der Waals surface area contributed by atoms with E-state index in [4.69, 9.17) is 0 Å². The topological polar surface area (TPSA) is 24.9 Å². The molecule has 1 aromatic rings. The highest BCUT2D eigenvalue weighted by Gasteiger charge is 2.14. The number of aromatic nitrogens is 1. The Morgan fingerprint density at radius 3 is 2.67 bits per heavy atom. The number of rotatable bonds is 4. The van der Waals surface area contributed by atoms with Gasteiger partial charge in [-0.3, -0.25) is 0 Å². The number of nitrogens with one attached hydrogen (secondary N) is 1. The summed E-state index contributed by atoms with van der Waals surface area (Å²) in [7, 11) is 0. The number of aryl methyl sites for hydroxylation is 2. The molecule has 1 aromatic heterocycles. The maximum absolute atomic E-state index is 4.53. The highest BCUT2D eigenvalue weighted by atomic mass is 32.1. The lowest BCUT2D eigenvalue weighted by molar-refractivity contribution is 0.489. The SMILES string of the molecule is Cc1nc(CNCC2CCCC2)sc1C. The van der Waals surface area contributed by atoms with E-state index in [-0.39, 0.29) is 0 Å². The molecule has 0 unspecified atom stereocenters. The molecule has 2 nitrogen and oxygen atoms in total. The van der Waals surface area contributed by atoms with Crippen LogP contribution in [-0.2, 0) is 6.54 Å². The van der Waals surface area contributed by atoms with Gasteiger partial charge in [0.1, 0.15) is 5.01 Å². The summed E-state index contributed by atoms with van der Waals surface area (Å²) in [6.45, 7) is 6.37. The fraction of sp³-hybridized carbons (Fsp3) is 0.750. The van der Waals surface area contributed by atoms with E-state index < -0.39 is 0 Å². The number of hydrogen-bond acceptors (Lipinski definition) is 3. The summed E-state index contributed by atoms with van der Waals surface area (Å²) in [6, 6.07) is 0. The molecule has 0 spiro atoms. The lowest BCUT2D eigenvalue weighted by Crippen LogP contribution is -2.20. The predicted molar refractivity (Wildman–Crippen MR) is 65.3 cm³/mol. The Hall–Kier alpha value is -0.410. The molecule has 84 valence electrons. The molecular weight excluding hydrogens is 204 g/mol. The molecule has 1 heterocycles. The summed E-state index contributed by atoms with van der Waals surface area (Å²) in [5.41, 5.74) is 1.19. The van der Waals surface area contributed by atoms with Gasteiger partial charge in [0.05, 0.1) is 5.69 Å². The van der Waals surface area contributed by atoms with Crippen LogP contribution in [0.2, 0.25) is 0 Å². The first-order valence-electron chi connectivity index (χ1n) is 5.89. The van der Waals surface area contributed by atoms with E-state index in [1.807, 2.05) is 11.3 Å². The molecule has 1 fully saturated rings. The predicted octanol–water partition coefficient (Wildman–Crippen LogP) is 3.04. The zero-order valence-electron chi connectivity index (χ0n) is 9.68. The Bertz CT molecular complexity index is 294. The second kappa shape index (κ2) is 5.08. The van der Waals surface area contributed by atoms with E-state index in [2.05, 4.69) is 24.1 Å². The fourth-order valence-corrected chi connectivity index (χ4v) is 3.12. The molecule has 0 aliphatic heterocycles. The van der Waals surface area contributed by atoms with Gasteiger partial charge in [-0.1, -0.05) is 12.8 Å². The van der Waals surface area contributed by atoms with Crippen LogP contribution in [0.5, 0.6) is 0 Å².